The lowest BCUT2D eigenvalue weighted by atomic mass is 9.62. The minimum absolute atomic E-state index is 0.0963. The van der Waals surface area contributed by atoms with E-state index in [2.05, 4.69) is 0 Å². The van der Waals surface area contributed by atoms with E-state index in [4.69, 9.17) is 23.2 Å². The molecule has 0 N–H and O–H groups in total. The van der Waals surface area contributed by atoms with Crippen molar-refractivity contribution in [1.29, 1.82) is 0 Å². The van der Waals surface area contributed by atoms with Crippen molar-refractivity contribution >= 4 is 35.0 Å². The molecule has 2 amide bonds. The summed E-state index contributed by atoms with van der Waals surface area (Å²) in [7, 11) is 0. The lowest BCUT2D eigenvalue weighted by Gasteiger charge is -2.47. The van der Waals surface area contributed by atoms with Gasteiger partial charge in [0.25, 0.3) is 0 Å². The second-order valence-corrected chi connectivity index (χ2v) is 7.89. The average molecular weight is 340 g/mol. The van der Waals surface area contributed by atoms with Gasteiger partial charge in [0, 0.05) is 21.5 Å². The van der Waals surface area contributed by atoms with E-state index in [-0.39, 0.29) is 29.7 Å². The van der Waals surface area contributed by atoms with E-state index in [0.29, 0.717) is 15.6 Å². The van der Waals surface area contributed by atoms with Crippen molar-refractivity contribution in [3.63, 3.8) is 0 Å². The highest BCUT2D eigenvalue weighted by molar-refractivity contribution is 6.36. The van der Waals surface area contributed by atoms with Crippen molar-refractivity contribution in [2.45, 2.75) is 40.2 Å². The molecule has 1 heterocycles. The Hall–Kier alpha value is -1.06. The zero-order valence-electron chi connectivity index (χ0n) is 13.0. The van der Waals surface area contributed by atoms with E-state index >= 15 is 0 Å². The molecule has 1 aromatic rings. The summed E-state index contributed by atoms with van der Waals surface area (Å²) in [5.41, 5.74) is -0.170. The number of fused-ring (bicyclic) bond motifs is 2. The maximum Gasteiger partial charge on any atom is 0.235 e. The van der Waals surface area contributed by atoms with Gasteiger partial charge in [0.05, 0.1) is 12.0 Å². The lowest BCUT2D eigenvalue weighted by molar-refractivity contribution is -0.168. The second-order valence-electron chi connectivity index (χ2n) is 7.07. The van der Waals surface area contributed by atoms with Crippen LogP contribution in [0.1, 0.15) is 39.2 Å². The molecule has 1 aromatic carbocycles. The van der Waals surface area contributed by atoms with Gasteiger partial charge >= 0.3 is 0 Å². The normalized spacial score (nSPS) is 30.0. The molecule has 0 aromatic heterocycles. The lowest BCUT2D eigenvalue weighted by Crippen LogP contribution is -2.58. The number of piperidine rings is 1. The number of imide groups is 1. The Balaban J connectivity index is 2.00. The molecular formula is C17H19Cl2NO2. The Kier molecular flexibility index (Phi) is 3.57. The fourth-order valence-electron chi connectivity index (χ4n) is 3.89. The van der Waals surface area contributed by atoms with Crippen LogP contribution >= 0.6 is 23.2 Å². The molecular weight excluding hydrogens is 321 g/mol. The Bertz CT molecular complexity index is 650. The van der Waals surface area contributed by atoms with E-state index in [0.717, 1.165) is 12.8 Å². The van der Waals surface area contributed by atoms with Gasteiger partial charge in [-0.05, 0) is 30.4 Å². The predicted molar refractivity (Wildman–Crippen MR) is 86.6 cm³/mol. The van der Waals surface area contributed by atoms with E-state index in [1.165, 1.54) is 4.90 Å². The van der Waals surface area contributed by atoms with E-state index in [1.54, 1.807) is 18.2 Å². The Morgan fingerprint density at radius 2 is 1.77 bits per heavy atom. The van der Waals surface area contributed by atoms with Gasteiger partial charge in [-0.2, -0.15) is 0 Å². The number of benzene rings is 1. The van der Waals surface area contributed by atoms with Crippen molar-refractivity contribution in [1.82, 2.24) is 4.90 Å². The molecule has 0 spiro atoms. The van der Waals surface area contributed by atoms with Gasteiger partial charge in [0.2, 0.25) is 11.8 Å². The summed E-state index contributed by atoms with van der Waals surface area (Å²) in [6.07, 6.45) is 1.52. The van der Waals surface area contributed by atoms with Gasteiger partial charge in [-0.25, -0.2) is 0 Å². The quantitative estimate of drug-likeness (QED) is 0.753. The van der Waals surface area contributed by atoms with Gasteiger partial charge in [0.15, 0.2) is 0 Å². The standard InChI is InChI=1S/C17H19Cl2NO2/c1-16(2)11-7-8-17(16,3)15(22)20(14(11)21)9-10-12(18)5-4-6-13(10)19/h4-6,11H,7-9H2,1-3H3. The van der Waals surface area contributed by atoms with Gasteiger partial charge in [-0.3, -0.25) is 14.5 Å². The summed E-state index contributed by atoms with van der Waals surface area (Å²) in [5, 5.41) is 0.964. The molecule has 118 valence electrons. The molecule has 3 rings (SSSR count). The number of rotatable bonds is 2. The number of carbonyl (C=O) groups excluding carboxylic acids is 2. The topological polar surface area (TPSA) is 37.4 Å². The molecule has 0 radical (unpaired) electrons. The first kappa shape index (κ1) is 15.8. The fourth-order valence-corrected chi connectivity index (χ4v) is 4.41. The fraction of sp³-hybridized carbons (Fsp3) is 0.529. The summed E-state index contributed by atoms with van der Waals surface area (Å²) in [4.78, 5) is 27.1. The maximum absolute atomic E-state index is 13.0. The summed E-state index contributed by atoms with van der Waals surface area (Å²) in [6.45, 7) is 6.18. The number of hydrogen-bond acceptors (Lipinski definition) is 2. The molecule has 2 atom stereocenters. The zero-order valence-corrected chi connectivity index (χ0v) is 14.5. The molecule has 1 aliphatic carbocycles. The molecule has 2 unspecified atom stereocenters. The number of carbonyl (C=O) groups is 2. The number of likely N-dealkylation sites (tertiary alicyclic amines) is 1. The molecule has 1 saturated carbocycles. The Morgan fingerprint density at radius 3 is 2.36 bits per heavy atom. The molecule has 3 nitrogen and oxygen atoms in total. The van der Waals surface area contributed by atoms with Crippen LogP contribution < -0.4 is 0 Å². The maximum atomic E-state index is 13.0. The molecule has 2 fully saturated rings. The number of hydrogen-bond donors (Lipinski definition) is 0. The third kappa shape index (κ3) is 1.95. The molecule has 2 aliphatic rings. The third-order valence-corrected chi connectivity index (χ3v) is 6.59. The van der Waals surface area contributed by atoms with Crippen LogP contribution in [0.3, 0.4) is 0 Å². The summed E-state index contributed by atoms with van der Waals surface area (Å²) in [6, 6.07) is 5.20. The second kappa shape index (κ2) is 4.97. The van der Waals surface area contributed by atoms with Crippen LogP contribution in [0.4, 0.5) is 0 Å². The average Bonchev–Trinajstić information content (AvgIpc) is 2.63. The van der Waals surface area contributed by atoms with Crippen molar-refractivity contribution in [2.24, 2.45) is 16.7 Å². The van der Waals surface area contributed by atoms with Crippen LogP contribution in [0.15, 0.2) is 18.2 Å². The van der Waals surface area contributed by atoms with Crippen LogP contribution in [0, 0.1) is 16.7 Å². The molecule has 5 heteroatoms. The SMILES string of the molecule is CC12CCC(C(=O)N(Cc3c(Cl)cccc3Cl)C1=O)C2(C)C. The van der Waals surface area contributed by atoms with Crippen LogP contribution in [-0.4, -0.2) is 16.7 Å². The smallest absolute Gasteiger partial charge is 0.235 e. The molecule has 1 saturated heterocycles. The number of nitrogens with zero attached hydrogens (tertiary/aromatic N) is 1. The first-order chi connectivity index (χ1) is 10.2. The van der Waals surface area contributed by atoms with E-state index in [1.807, 2.05) is 20.8 Å². The van der Waals surface area contributed by atoms with Crippen LogP contribution in [0.5, 0.6) is 0 Å². The number of amides is 2. The summed E-state index contributed by atoms with van der Waals surface area (Å²) < 4.78 is 0. The number of halogens is 2. The highest BCUT2D eigenvalue weighted by Crippen LogP contribution is 2.60. The predicted octanol–water partition coefficient (Wildman–Crippen LogP) is 4.30. The van der Waals surface area contributed by atoms with E-state index in [9.17, 15) is 9.59 Å². The largest absolute Gasteiger partial charge is 0.277 e. The molecule has 1 aliphatic heterocycles. The van der Waals surface area contributed by atoms with Crippen LogP contribution in [0.25, 0.3) is 0 Å². The highest BCUT2D eigenvalue weighted by atomic mass is 35.5. The van der Waals surface area contributed by atoms with Crippen molar-refractivity contribution in [3.05, 3.63) is 33.8 Å². The molecule has 22 heavy (non-hydrogen) atoms. The van der Waals surface area contributed by atoms with Gasteiger partial charge in [-0.1, -0.05) is 50.0 Å². The van der Waals surface area contributed by atoms with Crippen molar-refractivity contribution in [3.8, 4) is 0 Å². The van der Waals surface area contributed by atoms with Crippen LogP contribution in [0.2, 0.25) is 10.0 Å². The summed E-state index contributed by atoms with van der Waals surface area (Å²) in [5.74, 6) is -0.315. The van der Waals surface area contributed by atoms with Gasteiger partial charge < -0.3 is 0 Å². The Morgan fingerprint density at radius 1 is 1.18 bits per heavy atom. The van der Waals surface area contributed by atoms with Crippen LogP contribution in [-0.2, 0) is 16.1 Å². The summed E-state index contributed by atoms with van der Waals surface area (Å²) >= 11 is 12.4. The first-order valence-corrected chi connectivity index (χ1v) is 8.24. The highest BCUT2D eigenvalue weighted by Gasteiger charge is 2.64. The Labute approximate surface area is 140 Å². The minimum Gasteiger partial charge on any atom is -0.277 e. The first-order valence-electron chi connectivity index (χ1n) is 7.49. The van der Waals surface area contributed by atoms with Crippen molar-refractivity contribution in [2.75, 3.05) is 0 Å². The van der Waals surface area contributed by atoms with Gasteiger partial charge in [-0.15, -0.1) is 0 Å². The van der Waals surface area contributed by atoms with Gasteiger partial charge in [0.1, 0.15) is 0 Å². The van der Waals surface area contributed by atoms with E-state index < -0.39 is 5.41 Å². The molecule has 2 bridgehead atoms. The minimum atomic E-state index is -0.501. The zero-order chi connectivity index (χ0) is 16.3. The third-order valence-electron chi connectivity index (χ3n) is 5.89. The monoisotopic (exact) mass is 339 g/mol. The van der Waals surface area contributed by atoms with Crippen molar-refractivity contribution < 1.29 is 9.59 Å².